The molecule has 2 unspecified atom stereocenters. The fourth-order valence-corrected chi connectivity index (χ4v) is 2.05. The van der Waals surface area contributed by atoms with E-state index in [1.165, 1.54) is 6.92 Å². The summed E-state index contributed by atoms with van der Waals surface area (Å²) in [6.07, 6.45) is 4.70. The number of nitrogens with one attached hydrogen (secondary N) is 2. The summed E-state index contributed by atoms with van der Waals surface area (Å²) in [7, 11) is 0. The number of hydrogen-bond donors (Lipinski definition) is 2. The molecule has 0 aromatic carbocycles. The van der Waals surface area contributed by atoms with E-state index in [1.54, 1.807) is 0 Å². The van der Waals surface area contributed by atoms with E-state index in [9.17, 15) is 9.59 Å². The molecule has 0 bridgehead atoms. The van der Waals surface area contributed by atoms with Gasteiger partial charge >= 0.3 is 0 Å². The third-order valence-corrected chi connectivity index (χ3v) is 2.82. The van der Waals surface area contributed by atoms with E-state index in [4.69, 9.17) is 0 Å². The summed E-state index contributed by atoms with van der Waals surface area (Å²) in [5.74, 6) is 0.0508. The second-order valence-corrected chi connectivity index (χ2v) is 4.12. The Labute approximate surface area is 90.8 Å². The highest BCUT2D eigenvalue weighted by molar-refractivity contribution is 5.76. The normalized spacial score (nSPS) is 25.7. The zero-order chi connectivity index (χ0) is 11.3. The third-order valence-electron chi connectivity index (χ3n) is 2.82. The number of amides is 2. The Hall–Kier alpha value is -1.06. The van der Waals surface area contributed by atoms with E-state index >= 15 is 0 Å². The van der Waals surface area contributed by atoms with E-state index < -0.39 is 0 Å². The molecule has 0 radical (unpaired) electrons. The Morgan fingerprint density at radius 3 is 2.13 bits per heavy atom. The van der Waals surface area contributed by atoms with Crippen LogP contribution >= 0.6 is 0 Å². The molecule has 2 N–H and O–H groups in total. The molecule has 15 heavy (non-hydrogen) atoms. The fourth-order valence-electron chi connectivity index (χ4n) is 2.05. The maximum atomic E-state index is 11.3. The van der Waals surface area contributed by atoms with Crippen LogP contribution in [0.4, 0.5) is 0 Å². The number of carbonyl (C=O) groups excluding carboxylic acids is 2. The standard InChI is InChI=1S/C11H20N2O2/c1-3-11(15)13-10-7-5-4-6-9(10)12-8(2)14/h9-10H,3-7H2,1-2H3,(H,12,14)(H,13,15). The Kier molecular flexibility index (Phi) is 4.59. The van der Waals surface area contributed by atoms with Crippen LogP contribution in [0.2, 0.25) is 0 Å². The van der Waals surface area contributed by atoms with Crippen LogP contribution in [-0.4, -0.2) is 23.9 Å². The van der Waals surface area contributed by atoms with E-state index in [-0.39, 0.29) is 23.9 Å². The number of rotatable bonds is 3. The van der Waals surface area contributed by atoms with Gasteiger partial charge in [-0.25, -0.2) is 0 Å². The molecule has 0 aliphatic heterocycles. The monoisotopic (exact) mass is 212 g/mol. The van der Waals surface area contributed by atoms with Gasteiger partial charge in [-0.2, -0.15) is 0 Å². The molecule has 0 saturated heterocycles. The molecule has 1 aliphatic carbocycles. The summed E-state index contributed by atoms with van der Waals surface area (Å²) in [6.45, 7) is 3.36. The van der Waals surface area contributed by atoms with Gasteiger partial charge in [-0.3, -0.25) is 9.59 Å². The van der Waals surface area contributed by atoms with Gasteiger partial charge in [-0.05, 0) is 12.8 Å². The quantitative estimate of drug-likeness (QED) is 0.732. The Bertz CT molecular complexity index is 241. The number of carbonyl (C=O) groups is 2. The average Bonchev–Trinajstić information content (AvgIpc) is 2.20. The highest BCUT2D eigenvalue weighted by Crippen LogP contribution is 2.18. The van der Waals surface area contributed by atoms with Crippen molar-refractivity contribution in [2.75, 3.05) is 0 Å². The summed E-state index contributed by atoms with van der Waals surface area (Å²) in [5, 5.41) is 5.88. The second kappa shape index (κ2) is 5.73. The largest absolute Gasteiger partial charge is 0.352 e. The SMILES string of the molecule is CCC(=O)NC1CCCCC1NC(C)=O. The molecule has 0 aromatic rings. The Balaban J connectivity index is 2.49. The zero-order valence-corrected chi connectivity index (χ0v) is 9.51. The van der Waals surface area contributed by atoms with Crippen molar-refractivity contribution < 1.29 is 9.59 Å². The van der Waals surface area contributed by atoms with Gasteiger partial charge in [-0.1, -0.05) is 19.8 Å². The first-order valence-electron chi connectivity index (χ1n) is 5.70. The first-order chi connectivity index (χ1) is 7.13. The lowest BCUT2D eigenvalue weighted by Gasteiger charge is -2.32. The van der Waals surface area contributed by atoms with Crippen LogP contribution in [0.5, 0.6) is 0 Å². The zero-order valence-electron chi connectivity index (χ0n) is 9.51. The van der Waals surface area contributed by atoms with E-state index in [1.807, 2.05) is 6.92 Å². The van der Waals surface area contributed by atoms with Gasteiger partial charge in [0, 0.05) is 25.4 Å². The molecule has 0 heterocycles. The van der Waals surface area contributed by atoms with Crippen molar-refractivity contribution in [2.45, 2.75) is 58.0 Å². The lowest BCUT2D eigenvalue weighted by molar-refractivity contribution is -0.123. The smallest absolute Gasteiger partial charge is 0.220 e. The minimum absolute atomic E-state index is 0.0161. The van der Waals surface area contributed by atoms with Gasteiger partial charge in [0.15, 0.2) is 0 Å². The maximum Gasteiger partial charge on any atom is 0.220 e. The summed E-state index contributed by atoms with van der Waals surface area (Å²) < 4.78 is 0. The minimum atomic E-state index is -0.0161. The topological polar surface area (TPSA) is 58.2 Å². The van der Waals surface area contributed by atoms with Gasteiger partial charge in [0.05, 0.1) is 0 Å². The van der Waals surface area contributed by atoms with Crippen LogP contribution in [0.15, 0.2) is 0 Å². The summed E-state index contributed by atoms with van der Waals surface area (Å²) in [6, 6.07) is 0.238. The predicted molar refractivity (Wildman–Crippen MR) is 58.3 cm³/mol. The first-order valence-corrected chi connectivity index (χ1v) is 5.70. The van der Waals surface area contributed by atoms with Crippen molar-refractivity contribution in [2.24, 2.45) is 0 Å². The lowest BCUT2D eigenvalue weighted by Crippen LogP contribution is -2.52. The van der Waals surface area contributed by atoms with E-state index in [0.717, 1.165) is 25.7 Å². The van der Waals surface area contributed by atoms with Crippen molar-refractivity contribution in [1.82, 2.24) is 10.6 Å². The Morgan fingerprint density at radius 1 is 1.13 bits per heavy atom. The molecule has 0 spiro atoms. The molecule has 1 fully saturated rings. The Morgan fingerprint density at radius 2 is 1.67 bits per heavy atom. The molecule has 4 nitrogen and oxygen atoms in total. The molecule has 86 valence electrons. The molecule has 4 heteroatoms. The lowest BCUT2D eigenvalue weighted by atomic mass is 9.90. The molecular weight excluding hydrogens is 192 g/mol. The van der Waals surface area contributed by atoms with Gasteiger partial charge in [0.25, 0.3) is 0 Å². The molecule has 1 rings (SSSR count). The minimum Gasteiger partial charge on any atom is -0.352 e. The third kappa shape index (κ3) is 3.90. The maximum absolute atomic E-state index is 11.3. The van der Waals surface area contributed by atoms with E-state index in [0.29, 0.717) is 6.42 Å². The van der Waals surface area contributed by atoms with Gasteiger partial charge in [0.2, 0.25) is 11.8 Å². The second-order valence-electron chi connectivity index (χ2n) is 4.12. The summed E-state index contributed by atoms with van der Waals surface area (Å²) in [5.41, 5.74) is 0. The van der Waals surface area contributed by atoms with Crippen LogP contribution in [-0.2, 0) is 9.59 Å². The van der Waals surface area contributed by atoms with Gasteiger partial charge in [-0.15, -0.1) is 0 Å². The highest BCUT2D eigenvalue weighted by atomic mass is 16.2. The fraction of sp³-hybridized carbons (Fsp3) is 0.818. The van der Waals surface area contributed by atoms with Crippen LogP contribution in [0.1, 0.15) is 46.0 Å². The van der Waals surface area contributed by atoms with Crippen LogP contribution in [0.3, 0.4) is 0 Å². The molecule has 1 saturated carbocycles. The number of hydrogen-bond acceptors (Lipinski definition) is 2. The molecular formula is C11H20N2O2. The van der Waals surface area contributed by atoms with Crippen molar-refractivity contribution >= 4 is 11.8 Å². The summed E-state index contributed by atoms with van der Waals surface area (Å²) >= 11 is 0. The van der Waals surface area contributed by atoms with Crippen LogP contribution in [0.25, 0.3) is 0 Å². The van der Waals surface area contributed by atoms with Crippen molar-refractivity contribution in [1.29, 1.82) is 0 Å². The molecule has 2 amide bonds. The van der Waals surface area contributed by atoms with Crippen molar-refractivity contribution in [3.05, 3.63) is 0 Å². The van der Waals surface area contributed by atoms with Crippen LogP contribution < -0.4 is 10.6 Å². The van der Waals surface area contributed by atoms with Crippen LogP contribution in [0, 0.1) is 0 Å². The molecule has 1 aliphatic rings. The first kappa shape index (κ1) is 12.0. The molecule has 0 aromatic heterocycles. The highest BCUT2D eigenvalue weighted by Gasteiger charge is 2.26. The predicted octanol–water partition coefficient (Wildman–Crippen LogP) is 0.960. The van der Waals surface area contributed by atoms with Crippen molar-refractivity contribution in [3.63, 3.8) is 0 Å². The van der Waals surface area contributed by atoms with Gasteiger partial charge in [0.1, 0.15) is 0 Å². The van der Waals surface area contributed by atoms with Gasteiger partial charge < -0.3 is 10.6 Å². The van der Waals surface area contributed by atoms with Crippen molar-refractivity contribution in [3.8, 4) is 0 Å². The van der Waals surface area contributed by atoms with E-state index in [2.05, 4.69) is 10.6 Å². The molecule has 2 atom stereocenters. The summed E-state index contributed by atoms with van der Waals surface area (Å²) in [4.78, 5) is 22.3. The average molecular weight is 212 g/mol.